The van der Waals surface area contributed by atoms with E-state index in [0.29, 0.717) is 0 Å². The predicted octanol–water partition coefficient (Wildman–Crippen LogP) is 10.3. The summed E-state index contributed by atoms with van der Waals surface area (Å²) in [7, 11) is 0. The van der Waals surface area contributed by atoms with Gasteiger partial charge < -0.3 is 0 Å². The first-order valence-corrected chi connectivity index (χ1v) is 13.3. The first kappa shape index (κ1) is 25.8. The maximum atomic E-state index is 4.55. The largest absolute Gasteiger partial charge is 0.0905 e. The van der Waals surface area contributed by atoms with Crippen LogP contribution >= 0.6 is 0 Å². The smallest absolute Gasteiger partial charge is 0.00732 e. The molecule has 34 heavy (non-hydrogen) atoms. The van der Waals surface area contributed by atoms with E-state index in [1.165, 1.54) is 92.0 Å². The Morgan fingerprint density at radius 1 is 0.529 bits per heavy atom. The van der Waals surface area contributed by atoms with E-state index >= 15 is 0 Å². The van der Waals surface area contributed by atoms with Gasteiger partial charge in [-0.1, -0.05) is 157 Å². The lowest BCUT2D eigenvalue weighted by molar-refractivity contribution is 0.556. The van der Waals surface area contributed by atoms with Crippen LogP contribution in [0.25, 0.3) is 11.1 Å². The normalized spacial score (nSPS) is 10.9. The SMILES string of the molecule is C=C(c1ccccc1)c1cccc(CCCCCCCCCCCC)c1C(=C)c1ccccc1. The molecule has 0 saturated heterocycles. The summed E-state index contributed by atoms with van der Waals surface area (Å²) in [6.45, 7) is 11.3. The van der Waals surface area contributed by atoms with Gasteiger partial charge in [0.1, 0.15) is 0 Å². The van der Waals surface area contributed by atoms with Crippen molar-refractivity contribution in [2.75, 3.05) is 0 Å². The molecule has 0 bridgehead atoms. The lowest BCUT2D eigenvalue weighted by Crippen LogP contribution is -2.01. The van der Waals surface area contributed by atoms with Crippen molar-refractivity contribution in [1.82, 2.24) is 0 Å². The summed E-state index contributed by atoms with van der Waals surface area (Å²) in [6.07, 6.45) is 14.7. The fourth-order valence-electron chi connectivity index (χ4n) is 4.80. The van der Waals surface area contributed by atoms with Gasteiger partial charge in [-0.3, -0.25) is 0 Å². The Hall–Kier alpha value is -2.86. The van der Waals surface area contributed by atoms with Crippen LogP contribution in [0.3, 0.4) is 0 Å². The zero-order valence-electron chi connectivity index (χ0n) is 21.2. The maximum absolute atomic E-state index is 4.55. The van der Waals surface area contributed by atoms with Gasteiger partial charge in [-0.25, -0.2) is 0 Å². The molecule has 0 aliphatic carbocycles. The van der Waals surface area contributed by atoms with Gasteiger partial charge in [-0.05, 0) is 51.8 Å². The molecular formula is C34H42. The van der Waals surface area contributed by atoms with Gasteiger partial charge in [0.05, 0.1) is 0 Å². The highest BCUT2D eigenvalue weighted by Crippen LogP contribution is 2.34. The van der Waals surface area contributed by atoms with Crippen molar-refractivity contribution in [3.8, 4) is 0 Å². The van der Waals surface area contributed by atoms with Crippen LogP contribution in [0.2, 0.25) is 0 Å². The van der Waals surface area contributed by atoms with Gasteiger partial charge in [-0.2, -0.15) is 0 Å². The first-order chi connectivity index (χ1) is 16.7. The summed E-state index contributed by atoms with van der Waals surface area (Å²) in [5, 5.41) is 0. The van der Waals surface area contributed by atoms with E-state index in [2.05, 4.69) is 98.9 Å². The molecule has 0 unspecified atom stereocenters. The van der Waals surface area contributed by atoms with Gasteiger partial charge >= 0.3 is 0 Å². The zero-order valence-corrected chi connectivity index (χ0v) is 21.2. The number of rotatable bonds is 15. The molecule has 0 heteroatoms. The molecule has 0 aliphatic heterocycles. The Balaban J connectivity index is 1.69. The third-order valence-electron chi connectivity index (χ3n) is 6.82. The van der Waals surface area contributed by atoms with Crippen LogP contribution in [0.1, 0.15) is 98.9 Å². The summed E-state index contributed by atoms with van der Waals surface area (Å²) >= 11 is 0. The molecule has 0 nitrogen and oxygen atoms in total. The minimum Gasteiger partial charge on any atom is -0.0905 e. The lowest BCUT2D eigenvalue weighted by atomic mass is 9.85. The van der Waals surface area contributed by atoms with Gasteiger partial charge in [0.15, 0.2) is 0 Å². The van der Waals surface area contributed by atoms with Crippen molar-refractivity contribution in [3.05, 3.63) is 120 Å². The topological polar surface area (TPSA) is 0 Å². The van der Waals surface area contributed by atoms with Gasteiger partial charge in [0, 0.05) is 0 Å². The van der Waals surface area contributed by atoms with Crippen LogP contribution in [-0.4, -0.2) is 0 Å². The number of hydrogen-bond acceptors (Lipinski definition) is 0. The molecule has 0 heterocycles. The van der Waals surface area contributed by atoms with Crippen molar-refractivity contribution >= 4 is 11.1 Å². The van der Waals surface area contributed by atoms with Crippen molar-refractivity contribution in [2.45, 2.75) is 77.6 Å². The second kappa shape index (κ2) is 14.4. The average Bonchev–Trinajstić information content (AvgIpc) is 2.89. The first-order valence-electron chi connectivity index (χ1n) is 13.3. The van der Waals surface area contributed by atoms with Crippen molar-refractivity contribution < 1.29 is 0 Å². The van der Waals surface area contributed by atoms with Crippen LogP contribution in [0, 0.1) is 0 Å². The summed E-state index contributed by atoms with van der Waals surface area (Å²) < 4.78 is 0. The van der Waals surface area contributed by atoms with Crippen LogP contribution in [0.15, 0.2) is 92.0 Å². The molecule has 0 atom stereocenters. The Bertz CT molecular complexity index is 1010. The Labute approximate surface area is 208 Å². The van der Waals surface area contributed by atoms with Crippen molar-refractivity contribution in [1.29, 1.82) is 0 Å². The van der Waals surface area contributed by atoms with E-state index in [1.807, 2.05) is 0 Å². The highest BCUT2D eigenvalue weighted by Gasteiger charge is 2.16. The standard InChI is InChI=1S/C34H42/c1-4-5-6-7-8-9-10-11-12-15-25-32-26-20-27-33(28(2)30-21-16-13-17-22-30)34(32)29(3)31-23-18-14-19-24-31/h13-14,16-24,26-27H,2-12,15,25H2,1H3. The molecule has 0 radical (unpaired) electrons. The summed E-state index contributed by atoms with van der Waals surface area (Å²) in [5.41, 5.74) is 8.36. The molecule has 3 aromatic carbocycles. The maximum Gasteiger partial charge on any atom is -0.00732 e. The third kappa shape index (κ3) is 7.59. The number of benzene rings is 3. The molecule has 0 spiro atoms. The van der Waals surface area contributed by atoms with E-state index in [0.717, 1.165) is 17.6 Å². The van der Waals surface area contributed by atoms with Crippen LogP contribution in [-0.2, 0) is 6.42 Å². The fourth-order valence-corrected chi connectivity index (χ4v) is 4.80. The summed E-state index contributed by atoms with van der Waals surface area (Å²) in [4.78, 5) is 0. The van der Waals surface area contributed by atoms with Crippen molar-refractivity contribution in [2.24, 2.45) is 0 Å². The molecule has 0 fully saturated rings. The quantitative estimate of drug-likeness (QED) is 0.202. The molecule has 3 rings (SSSR count). The predicted molar refractivity (Wildman–Crippen MR) is 151 cm³/mol. The monoisotopic (exact) mass is 450 g/mol. The molecular weight excluding hydrogens is 408 g/mol. The highest BCUT2D eigenvalue weighted by atomic mass is 14.2. The lowest BCUT2D eigenvalue weighted by Gasteiger charge is -2.19. The molecule has 0 N–H and O–H groups in total. The molecule has 178 valence electrons. The van der Waals surface area contributed by atoms with Crippen LogP contribution < -0.4 is 0 Å². The Morgan fingerprint density at radius 3 is 1.59 bits per heavy atom. The molecule has 0 saturated carbocycles. The summed E-state index contributed by atoms with van der Waals surface area (Å²) in [6, 6.07) is 27.8. The Kier molecular flexibility index (Phi) is 10.9. The number of hydrogen-bond donors (Lipinski definition) is 0. The minimum atomic E-state index is 1.07. The van der Waals surface area contributed by atoms with E-state index in [4.69, 9.17) is 0 Å². The summed E-state index contributed by atoms with van der Waals surface area (Å²) in [5.74, 6) is 0. The average molecular weight is 451 g/mol. The number of unbranched alkanes of at least 4 members (excludes halogenated alkanes) is 9. The van der Waals surface area contributed by atoms with E-state index in [9.17, 15) is 0 Å². The Morgan fingerprint density at radius 2 is 1.03 bits per heavy atom. The van der Waals surface area contributed by atoms with Gasteiger partial charge in [0.25, 0.3) is 0 Å². The number of aryl methyl sites for hydroxylation is 1. The zero-order chi connectivity index (χ0) is 24.0. The molecule has 0 amide bonds. The van der Waals surface area contributed by atoms with Gasteiger partial charge in [-0.15, -0.1) is 0 Å². The fraction of sp³-hybridized carbons (Fsp3) is 0.353. The molecule has 3 aromatic rings. The van der Waals surface area contributed by atoms with E-state index in [1.54, 1.807) is 0 Å². The van der Waals surface area contributed by atoms with E-state index in [-0.39, 0.29) is 0 Å². The highest BCUT2D eigenvalue weighted by molar-refractivity contribution is 5.91. The van der Waals surface area contributed by atoms with Gasteiger partial charge in [0.2, 0.25) is 0 Å². The molecule has 0 aliphatic rings. The third-order valence-corrected chi connectivity index (χ3v) is 6.82. The van der Waals surface area contributed by atoms with Crippen LogP contribution in [0.5, 0.6) is 0 Å². The minimum absolute atomic E-state index is 1.07. The van der Waals surface area contributed by atoms with Crippen LogP contribution in [0.4, 0.5) is 0 Å². The van der Waals surface area contributed by atoms with E-state index < -0.39 is 0 Å². The molecule has 0 aromatic heterocycles. The second-order valence-corrected chi connectivity index (χ2v) is 9.46. The van der Waals surface area contributed by atoms with Crippen molar-refractivity contribution in [3.63, 3.8) is 0 Å². The second-order valence-electron chi connectivity index (χ2n) is 9.46.